The highest BCUT2D eigenvalue weighted by molar-refractivity contribution is 6.07. The van der Waals surface area contributed by atoms with Crippen LogP contribution in [0.25, 0.3) is 10.9 Å². The second kappa shape index (κ2) is 8.92. The van der Waals surface area contributed by atoms with Gasteiger partial charge in [-0.05, 0) is 63.3 Å². The van der Waals surface area contributed by atoms with Crippen molar-refractivity contribution in [2.45, 2.75) is 57.8 Å². The van der Waals surface area contributed by atoms with Crippen molar-refractivity contribution >= 4 is 22.8 Å². The summed E-state index contributed by atoms with van der Waals surface area (Å²) < 4.78 is 17.3. The molecule has 2 atom stereocenters. The Balaban J connectivity index is 1.32. The van der Waals surface area contributed by atoms with Crippen LogP contribution in [-0.4, -0.2) is 52.7 Å². The number of H-pyrrole nitrogens is 1. The van der Waals surface area contributed by atoms with Crippen molar-refractivity contribution in [1.82, 2.24) is 14.9 Å². The maximum atomic E-state index is 13.4. The summed E-state index contributed by atoms with van der Waals surface area (Å²) in [5.41, 5.74) is 3.77. The maximum absolute atomic E-state index is 13.4. The first-order valence-electron chi connectivity index (χ1n) is 12.8. The van der Waals surface area contributed by atoms with E-state index in [2.05, 4.69) is 20.9 Å². The van der Waals surface area contributed by atoms with Crippen LogP contribution in [-0.2, 0) is 22.5 Å². The molecule has 8 nitrogen and oxygen atoms in total. The van der Waals surface area contributed by atoms with Gasteiger partial charge < -0.3 is 19.2 Å². The molecule has 6 rings (SSSR count). The number of esters is 2. The molecule has 8 heteroatoms. The van der Waals surface area contributed by atoms with Crippen molar-refractivity contribution < 1.29 is 23.8 Å². The first-order chi connectivity index (χ1) is 17.5. The molecule has 1 N–H and O–H groups in total. The number of carbonyl (C=O) groups is 2. The van der Waals surface area contributed by atoms with Gasteiger partial charge in [-0.15, -0.1) is 0 Å². The van der Waals surface area contributed by atoms with E-state index in [9.17, 15) is 9.59 Å². The van der Waals surface area contributed by atoms with E-state index in [-0.39, 0.29) is 18.0 Å². The third-order valence-corrected chi connectivity index (χ3v) is 8.08. The molecule has 0 amide bonds. The molecule has 0 radical (unpaired) electrons. The van der Waals surface area contributed by atoms with Gasteiger partial charge >= 0.3 is 11.9 Å². The minimum absolute atomic E-state index is 0.0397. The topological polar surface area (TPSA) is 93.8 Å². The molecular formula is C28H31N3O5. The van der Waals surface area contributed by atoms with Crippen molar-refractivity contribution in [3.05, 3.63) is 58.5 Å². The third-order valence-electron chi connectivity index (χ3n) is 8.08. The number of benzene rings is 1. The number of nitrogens with one attached hydrogen (secondary N) is 1. The van der Waals surface area contributed by atoms with E-state index in [1.807, 2.05) is 13.0 Å². The van der Waals surface area contributed by atoms with Crippen LogP contribution in [0.3, 0.4) is 0 Å². The minimum atomic E-state index is -0.528. The van der Waals surface area contributed by atoms with Gasteiger partial charge in [-0.1, -0.05) is 6.07 Å². The molecule has 3 aromatic rings. The number of aryl methyl sites for hydroxylation is 1. The molecule has 0 saturated carbocycles. The molecule has 3 aliphatic rings. The maximum Gasteiger partial charge on any atom is 0.356 e. The summed E-state index contributed by atoms with van der Waals surface area (Å²) >= 11 is 0. The fraction of sp³-hybridized carbons (Fsp3) is 0.464. The Kier molecular flexibility index (Phi) is 5.71. The molecule has 1 aromatic carbocycles. The zero-order chi connectivity index (χ0) is 24.9. The lowest BCUT2D eigenvalue weighted by Crippen LogP contribution is -2.64. The van der Waals surface area contributed by atoms with Gasteiger partial charge in [-0.25, -0.2) is 14.6 Å². The van der Waals surface area contributed by atoms with Crippen molar-refractivity contribution in [3.8, 4) is 5.75 Å². The predicted molar refractivity (Wildman–Crippen MR) is 133 cm³/mol. The minimum Gasteiger partial charge on any atom is -0.472 e. The van der Waals surface area contributed by atoms with E-state index >= 15 is 0 Å². The Morgan fingerprint density at radius 1 is 1.17 bits per heavy atom. The number of ether oxygens (including phenoxy) is 3. The Hall–Kier alpha value is -3.39. The van der Waals surface area contributed by atoms with Crippen LogP contribution < -0.4 is 4.74 Å². The lowest BCUT2D eigenvalue weighted by Gasteiger charge is -2.56. The van der Waals surface area contributed by atoms with Crippen LogP contribution in [0.2, 0.25) is 0 Å². The molecule has 0 aliphatic carbocycles. The Bertz CT molecular complexity index is 1350. The number of hydrogen-bond acceptors (Lipinski definition) is 7. The zero-order valence-electron chi connectivity index (χ0n) is 20.8. The van der Waals surface area contributed by atoms with E-state index in [1.54, 1.807) is 18.2 Å². The number of carbonyl (C=O) groups excluding carboxylic acids is 2. The van der Waals surface area contributed by atoms with Crippen LogP contribution in [0.4, 0.5) is 0 Å². The quantitative estimate of drug-likeness (QED) is 0.538. The predicted octanol–water partition coefficient (Wildman–Crippen LogP) is 4.54. The SMILES string of the molecule is COC(=O)c1cccc(COC(=O)c2c(C)[nH]c3ccc4c(c23)CC2CCCN3CCCCC23O4)n1. The normalized spacial score (nSPS) is 23.2. The van der Waals surface area contributed by atoms with Gasteiger partial charge in [0.05, 0.1) is 18.4 Å². The summed E-state index contributed by atoms with van der Waals surface area (Å²) in [5, 5.41) is 0.897. The van der Waals surface area contributed by atoms with Crippen molar-refractivity contribution in [2.75, 3.05) is 20.2 Å². The van der Waals surface area contributed by atoms with Gasteiger partial charge in [-0.2, -0.15) is 0 Å². The summed E-state index contributed by atoms with van der Waals surface area (Å²) in [6.45, 7) is 4.05. The lowest BCUT2D eigenvalue weighted by molar-refractivity contribution is -0.177. The van der Waals surface area contributed by atoms with Gasteiger partial charge in [0, 0.05) is 47.6 Å². The van der Waals surface area contributed by atoms with Gasteiger partial charge in [0.25, 0.3) is 0 Å². The molecule has 3 aliphatic heterocycles. The molecular weight excluding hydrogens is 458 g/mol. The first kappa shape index (κ1) is 23.0. The van der Waals surface area contributed by atoms with Gasteiger partial charge in [-0.3, -0.25) is 4.90 Å². The molecule has 1 spiro atoms. The van der Waals surface area contributed by atoms with E-state index in [0.717, 1.165) is 60.3 Å². The lowest BCUT2D eigenvalue weighted by atomic mass is 9.74. The van der Waals surface area contributed by atoms with E-state index in [1.165, 1.54) is 26.4 Å². The highest BCUT2D eigenvalue weighted by atomic mass is 16.5. The molecule has 36 heavy (non-hydrogen) atoms. The van der Waals surface area contributed by atoms with Crippen molar-refractivity contribution in [3.63, 3.8) is 0 Å². The summed E-state index contributed by atoms with van der Waals surface area (Å²) in [6.07, 6.45) is 6.69. The van der Waals surface area contributed by atoms with Gasteiger partial charge in [0.15, 0.2) is 5.72 Å². The molecule has 2 unspecified atom stereocenters. The van der Waals surface area contributed by atoms with Crippen LogP contribution in [0.15, 0.2) is 30.3 Å². The smallest absolute Gasteiger partial charge is 0.356 e. The standard InChI is InChI=1S/C28H31N3O5/c1-17-24(27(33)35-16-19-8-5-9-22(30-19)26(32)34-2)25-20-15-18-7-6-14-31-13-4-3-12-28(18,31)36-23(20)11-10-21(25)29-17/h5,8-11,18,29H,3-4,6-7,12-16H2,1-2H3. The molecule has 188 valence electrons. The number of aromatic nitrogens is 2. The Labute approximate surface area is 209 Å². The number of nitrogens with zero attached hydrogens (tertiary/aromatic N) is 2. The Morgan fingerprint density at radius 3 is 2.89 bits per heavy atom. The average molecular weight is 490 g/mol. The van der Waals surface area contributed by atoms with Crippen molar-refractivity contribution in [1.29, 1.82) is 0 Å². The fourth-order valence-electron chi connectivity index (χ4n) is 6.46. The number of pyridine rings is 1. The van der Waals surface area contributed by atoms with E-state index in [4.69, 9.17) is 14.2 Å². The van der Waals surface area contributed by atoms with Crippen LogP contribution in [0.5, 0.6) is 5.75 Å². The largest absolute Gasteiger partial charge is 0.472 e. The molecule has 2 saturated heterocycles. The van der Waals surface area contributed by atoms with E-state index in [0.29, 0.717) is 17.2 Å². The summed E-state index contributed by atoms with van der Waals surface area (Å²) in [6, 6.07) is 9.04. The summed E-state index contributed by atoms with van der Waals surface area (Å²) in [5.74, 6) is 0.349. The zero-order valence-corrected chi connectivity index (χ0v) is 20.8. The summed E-state index contributed by atoms with van der Waals surface area (Å²) in [4.78, 5) is 35.3. The van der Waals surface area contributed by atoms with Gasteiger partial charge in [0.2, 0.25) is 0 Å². The highest BCUT2D eigenvalue weighted by Gasteiger charge is 2.52. The van der Waals surface area contributed by atoms with Crippen LogP contribution >= 0.6 is 0 Å². The second-order valence-corrected chi connectivity index (χ2v) is 10.1. The number of methoxy groups -OCH3 is 1. The summed E-state index contributed by atoms with van der Waals surface area (Å²) in [7, 11) is 1.31. The molecule has 2 fully saturated rings. The number of piperidine rings is 2. The Morgan fingerprint density at radius 2 is 2.03 bits per heavy atom. The third kappa shape index (κ3) is 3.66. The number of hydrogen-bond donors (Lipinski definition) is 1. The monoisotopic (exact) mass is 489 g/mol. The second-order valence-electron chi connectivity index (χ2n) is 10.1. The average Bonchev–Trinajstić information content (AvgIpc) is 3.25. The van der Waals surface area contributed by atoms with Crippen LogP contribution in [0.1, 0.15) is 69.9 Å². The highest BCUT2D eigenvalue weighted by Crippen LogP contribution is 2.50. The van der Waals surface area contributed by atoms with Gasteiger partial charge in [0.1, 0.15) is 18.1 Å². The first-order valence-corrected chi connectivity index (χ1v) is 12.8. The van der Waals surface area contributed by atoms with Crippen LogP contribution in [0, 0.1) is 12.8 Å². The van der Waals surface area contributed by atoms with E-state index < -0.39 is 11.9 Å². The fourth-order valence-corrected chi connectivity index (χ4v) is 6.46. The van der Waals surface area contributed by atoms with Crippen molar-refractivity contribution in [2.24, 2.45) is 5.92 Å². The molecule has 5 heterocycles. The number of aromatic amines is 1. The molecule has 2 aromatic heterocycles. The molecule has 0 bridgehead atoms. The number of rotatable bonds is 4. The number of fused-ring (bicyclic) bond motifs is 3.